The van der Waals surface area contributed by atoms with E-state index in [2.05, 4.69) is 161 Å². The van der Waals surface area contributed by atoms with Crippen molar-refractivity contribution in [2.45, 2.75) is 251 Å². The van der Waals surface area contributed by atoms with Gasteiger partial charge in [0.05, 0.1) is 38.6 Å². The van der Waals surface area contributed by atoms with E-state index in [-0.39, 0.29) is 57.8 Å². The summed E-state index contributed by atoms with van der Waals surface area (Å²) in [5, 5.41) is -0.109. The van der Waals surface area contributed by atoms with E-state index >= 15 is 0 Å². The molecule has 0 spiro atoms. The molecule has 72 heavy (non-hydrogen) atoms. The minimum atomic E-state index is -2.40. The zero-order valence-electron chi connectivity index (χ0n) is 51.1. The number of ether oxygens (including phenoxy) is 8. The van der Waals surface area contributed by atoms with Gasteiger partial charge in [-0.1, -0.05) is 121 Å². The van der Waals surface area contributed by atoms with Crippen LogP contribution >= 0.6 is 0 Å². The van der Waals surface area contributed by atoms with Crippen LogP contribution < -0.4 is 4.74 Å². The van der Waals surface area contributed by atoms with Crippen LogP contribution in [0, 0.1) is 23.7 Å². The molecular weight excluding hydrogens is 977 g/mol. The van der Waals surface area contributed by atoms with Gasteiger partial charge in [0.15, 0.2) is 44.7 Å². The molecule has 1 aromatic carbocycles. The van der Waals surface area contributed by atoms with E-state index in [1.165, 1.54) is 0 Å². The highest BCUT2D eigenvalue weighted by Gasteiger charge is 2.56. The number of hydrogen-bond donors (Lipinski definition) is 0. The maximum atomic E-state index is 7.46. The van der Waals surface area contributed by atoms with Gasteiger partial charge in [0, 0.05) is 26.7 Å². The predicted molar refractivity (Wildman–Crippen MR) is 305 cm³/mol. The molecule has 12 nitrogen and oxygen atoms in total. The summed E-state index contributed by atoms with van der Waals surface area (Å²) in [6, 6.07) is 7.94. The van der Waals surface area contributed by atoms with Crippen molar-refractivity contribution in [3.8, 4) is 17.6 Å². The highest BCUT2D eigenvalue weighted by Crippen LogP contribution is 2.45. The second-order valence-electron chi connectivity index (χ2n) is 27.2. The fourth-order valence-corrected chi connectivity index (χ4v) is 12.1. The summed E-state index contributed by atoms with van der Waals surface area (Å²) >= 11 is 0. The Hall–Kier alpha value is -0.992. The molecule has 1 heterocycles. The van der Waals surface area contributed by atoms with Gasteiger partial charge in [-0.25, -0.2) is 0 Å². The van der Waals surface area contributed by atoms with Crippen molar-refractivity contribution in [2.24, 2.45) is 11.8 Å². The Balaban J connectivity index is 2.91. The van der Waals surface area contributed by atoms with E-state index in [0.717, 1.165) is 11.3 Å². The van der Waals surface area contributed by atoms with Gasteiger partial charge in [0.1, 0.15) is 37.6 Å². The fourth-order valence-electron chi connectivity index (χ4n) is 7.32. The summed E-state index contributed by atoms with van der Waals surface area (Å²) in [4.78, 5) is 0. The monoisotopic (exact) mass is 1080 g/mol. The molecule has 0 aromatic heterocycles. The van der Waals surface area contributed by atoms with Crippen LogP contribution in [0.4, 0.5) is 0 Å². The fraction of sp³-hybridized carbons (Fsp3) is 0.857. The summed E-state index contributed by atoms with van der Waals surface area (Å²) in [7, 11) is -4.14. The van der Waals surface area contributed by atoms with Crippen LogP contribution in [-0.4, -0.2) is 129 Å². The van der Waals surface area contributed by atoms with Crippen LogP contribution in [0.15, 0.2) is 24.3 Å². The van der Waals surface area contributed by atoms with E-state index in [0.29, 0.717) is 26.2 Å². The minimum absolute atomic E-state index is 0.0134. The second kappa shape index (κ2) is 26.1. The van der Waals surface area contributed by atoms with Gasteiger partial charge in [0.25, 0.3) is 0 Å². The average molecular weight is 1090 g/mol. The van der Waals surface area contributed by atoms with Crippen LogP contribution in [-0.2, 0) is 57.5 Å². The van der Waals surface area contributed by atoms with E-state index < -0.39 is 69.1 Å². The Kier molecular flexibility index (Phi) is 24.3. The number of rotatable bonds is 27. The van der Waals surface area contributed by atoms with E-state index in [9.17, 15) is 0 Å². The van der Waals surface area contributed by atoms with Crippen molar-refractivity contribution in [3.63, 3.8) is 0 Å². The van der Waals surface area contributed by atoms with Crippen molar-refractivity contribution in [2.75, 3.05) is 48.1 Å². The van der Waals surface area contributed by atoms with Gasteiger partial charge in [-0.15, -0.1) is 0 Å². The van der Waals surface area contributed by atoms with Crippen LogP contribution in [0.2, 0.25) is 72.5 Å². The SMILES string of the molecule is COCO[C@H]([C@H](C[C@H](C)[C@@H](C#C[C@@](C)(OCOC)[C@@H]1OC(C)(C)O[C@@H]1[C@@H](CO[Si](C)(C)C(C)(C)C)O[Si](C)(C)C(C)(C)C)OCc1ccc(OC)cc1)O[Si](C)(C)C(C)(C)C)[C@@H](C)CO[Si](C)(C)C(C)(C)C. The molecular formula is C56H108O12Si4. The Bertz CT molecular complexity index is 1830. The Morgan fingerprint density at radius 3 is 1.57 bits per heavy atom. The van der Waals surface area contributed by atoms with Gasteiger partial charge in [-0.3, -0.25) is 0 Å². The Morgan fingerprint density at radius 1 is 0.611 bits per heavy atom. The van der Waals surface area contributed by atoms with Crippen LogP contribution in [0.3, 0.4) is 0 Å². The standard InChI is InChI=1S/C56H108O12Si4/c1-41(35-46(67-71(25,26)53(9,10)11)48(61-39-57-18)42(2)36-63-69(21,22)51(3,4)5)45(60-37-43-29-31-44(59-20)32-30-43)33-34-56(17,62-40-58-19)50-49(65-55(15,16)66-50)47(68-72(27,28)54(12,13)14)38-64-70(23,24)52(6,7)8/h29-32,41-42,45-50H,35-40H2,1-28H3/t41-,42-,45+,46-,47+,48-,49+,50+,56+/m0/s1. The normalized spacial score (nSPS) is 21.0. The first-order chi connectivity index (χ1) is 32.5. The average Bonchev–Trinajstić information content (AvgIpc) is 3.57. The smallest absolute Gasteiger partial charge is 0.192 e. The molecule has 1 aliphatic rings. The zero-order chi connectivity index (χ0) is 55.7. The van der Waals surface area contributed by atoms with Gasteiger partial charge >= 0.3 is 0 Å². The molecule has 0 bridgehead atoms. The molecule has 420 valence electrons. The third-order valence-electron chi connectivity index (χ3n) is 16.4. The minimum Gasteiger partial charge on any atom is -0.497 e. The van der Waals surface area contributed by atoms with Gasteiger partial charge < -0.3 is 55.6 Å². The maximum Gasteiger partial charge on any atom is 0.192 e. The van der Waals surface area contributed by atoms with Gasteiger partial charge in [0.2, 0.25) is 0 Å². The van der Waals surface area contributed by atoms with Crippen molar-refractivity contribution >= 4 is 33.3 Å². The molecule has 9 atom stereocenters. The third kappa shape index (κ3) is 19.2. The van der Waals surface area contributed by atoms with E-state index in [1.807, 2.05) is 45.0 Å². The first-order valence-electron chi connectivity index (χ1n) is 26.5. The van der Waals surface area contributed by atoms with Crippen LogP contribution in [0.25, 0.3) is 0 Å². The molecule has 1 saturated heterocycles. The quantitative estimate of drug-likeness (QED) is 0.0475. The molecule has 1 aliphatic heterocycles. The highest BCUT2D eigenvalue weighted by molar-refractivity contribution is 6.75. The van der Waals surface area contributed by atoms with Crippen LogP contribution in [0.5, 0.6) is 5.75 Å². The first kappa shape index (κ1) is 67.1. The second-order valence-corrected chi connectivity index (χ2v) is 46.4. The van der Waals surface area contributed by atoms with Crippen molar-refractivity contribution in [3.05, 3.63) is 29.8 Å². The third-order valence-corrected chi connectivity index (χ3v) is 34.4. The molecule has 0 radical (unpaired) electrons. The topological polar surface area (TPSA) is 111 Å². The van der Waals surface area contributed by atoms with Crippen molar-refractivity contribution < 1.29 is 55.6 Å². The molecule has 1 aromatic rings. The van der Waals surface area contributed by atoms with Crippen molar-refractivity contribution in [1.82, 2.24) is 0 Å². The molecule has 0 amide bonds. The summed E-state index contributed by atoms with van der Waals surface area (Å²) in [5.74, 6) is 6.87. The van der Waals surface area contributed by atoms with E-state index in [1.54, 1.807) is 21.3 Å². The Labute approximate surface area is 445 Å². The summed E-state index contributed by atoms with van der Waals surface area (Å²) < 4.78 is 79.6. The predicted octanol–water partition coefficient (Wildman–Crippen LogP) is 14.0. The molecule has 0 saturated carbocycles. The number of benzene rings is 1. The summed E-state index contributed by atoms with van der Waals surface area (Å²) in [5.41, 5.74) is -0.278. The number of hydrogen-bond acceptors (Lipinski definition) is 12. The van der Waals surface area contributed by atoms with E-state index in [4.69, 9.17) is 55.6 Å². The lowest BCUT2D eigenvalue weighted by atomic mass is 9.89. The molecule has 1 fully saturated rings. The molecule has 0 aliphatic carbocycles. The largest absolute Gasteiger partial charge is 0.497 e. The van der Waals surface area contributed by atoms with Crippen LogP contribution in [0.1, 0.15) is 130 Å². The summed E-state index contributed by atoms with van der Waals surface area (Å²) in [6.07, 6.45) is -2.52. The Morgan fingerprint density at radius 2 is 1.10 bits per heavy atom. The maximum absolute atomic E-state index is 7.46. The lowest BCUT2D eigenvalue weighted by Gasteiger charge is -2.44. The molecule has 0 N–H and O–H groups in total. The first-order valence-corrected chi connectivity index (χ1v) is 38.1. The lowest BCUT2D eigenvalue weighted by Crippen LogP contribution is -2.57. The highest BCUT2D eigenvalue weighted by atomic mass is 28.4. The molecule has 0 unspecified atom stereocenters. The lowest BCUT2D eigenvalue weighted by molar-refractivity contribution is -0.183. The van der Waals surface area contributed by atoms with Crippen molar-refractivity contribution in [1.29, 1.82) is 0 Å². The zero-order valence-corrected chi connectivity index (χ0v) is 55.1. The van der Waals surface area contributed by atoms with Gasteiger partial charge in [-0.2, -0.15) is 0 Å². The number of methoxy groups -OCH3 is 3. The van der Waals surface area contributed by atoms with Gasteiger partial charge in [-0.05, 0) is 123 Å². The summed E-state index contributed by atoms with van der Waals surface area (Å²) in [6.45, 7) is 56.9. The molecule has 2 rings (SSSR count). The molecule has 16 heteroatoms.